The van der Waals surface area contributed by atoms with Crippen LogP contribution in [0.2, 0.25) is 0 Å². The second kappa shape index (κ2) is 5.27. The minimum Gasteiger partial charge on any atom is -0.388 e. The second-order valence-corrected chi connectivity index (χ2v) is 6.56. The Labute approximate surface area is 125 Å². The van der Waals surface area contributed by atoms with E-state index in [0.717, 1.165) is 6.42 Å². The first kappa shape index (κ1) is 14.3. The molecule has 0 bridgehead atoms. The van der Waals surface area contributed by atoms with Gasteiger partial charge in [-0.3, -0.25) is 14.9 Å². The van der Waals surface area contributed by atoms with Crippen molar-refractivity contribution in [2.45, 2.75) is 31.9 Å². The number of amides is 1. The van der Waals surface area contributed by atoms with Crippen molar-refractivity contribution in [2.24, 2.45) is 0 Å². The van der Waals surface area contributed by atoms with E-state index >= 15 is 0 Å². The molecule has 0 saturated carbocycles. The number of hydrogen-bond donors (Lipinski definition) is 1. The van der Waals surface area contributed by atoms with E-state index in [1.807, 2.05) is 9.80 Å². The summed E-state index contributed by atoms with van der Waals surface area (Å²) in [7, 11) is 0. The lowest BCUT2D eigenvalue weighted by Gasteiger charge is -2.37. The summed E-state index contributed by atoms with van der Waals surface area (Å²) in [6.07, 6.45) is 0.679. The summed E-state index contributed by atoms with van der Waals surface area (Å²) >= 11 is 1.27. The van der Waals surface area contributed by atoms with E-state index in [1.165, 1.54) is 17.4 Å². The third-order valence-corrected chi connectivity index (χ3v) is 5.46. The number of nitro groups is 1. The smallest absolute Gasteiger partial charge is 0.304 e. The van der Waals surface area contributed by atoms with Gasteiger partial charge in [-0.1, -0.05) is 0 Å². The summed E-state index contributed by atoms with van der Waals surface area (Å²) in [5.74, 6) is 0.185. The molecule has 2 saturated heterocycles. The fourth-order valence-corrected chi connectivity index (χ4v) is 4.10. The van der Waals surface area contributed by atoms with Crippen LogP contribution in [0.5, 0.6) is 0 Å². The molecule has 1 N–H and O–H groups in total. The lowest BCUT2D eigenvalue weighted by molar-refractivity contribution is -0.383. The predicted molar refractivity (Wildman–Crippen MR) is 78.6 cm³/mol. The Hall–Kier alpha value is -1.67. The Bertz CT molecular complexity index is 586. The molecule has 0 aliphatic carbocycles. The van der Waals surface area contributed by atoms with E-state index in [9.17, 15) is 20.0 Å². The average molecular weight is 311 g/mol. The topological polar surface area (TPSA) is 86.9 Å². The third-order valence-electron chi connectivity index (χ3n) is 4.10. The molecular formula is C13H17N3O4S. The van der Waals surface area contributed by atoms with E-state index in [-0.39, 0.29) is 17.6 Å². The van der Waals surface area contributed by atoms with Gasteiger partial charge in [0, 0.05) is 43.0 Å². The summed E-state index contributed by atoms with van der Waals surface area (Å²) in [5, 5.41) is 21.5. The quantitative estimate of drug-likeness (QED) is 0.675. The zero-order valence-electron chi connectivity index (χ0n) is 11.7. The highest BCUT2D eigenvalue weighted by Crippen LogP contribution is 2.41. The summed E-state index contributed by atoms with van der Waals surface area (Å²) in [5.41, 5.74) is 0.0497. The molecule has 0 aromatic carbocycles. The molecule has 2 aliphatic rings. The van der Waals surface area contributed by atoms with E-state index in [2.05, 4.69) is 0 Å². The second-order valence-electron chi connectivity index (χ2n) is 5.50. The Morgan fingerprint density at radius 1 is 1.52 bits per heavy atom. The van der Waals surface area contributed by atoms with Crippen molar-refractivity contribution in [3.8, 4) is 0 Å². The van der Waals surface area contributed by atoms with Gasteiger partial charge in [-0.15, -0.1) is 11.3 Å². The Morgan fingerprint density at radius 3 is 2.95 bits per heavy atom. The number of carbonyl (C=O) groups is 1. The summed E-state index contributed by atoms with van der Waals surface area (Å²) in [6.45, 7) is 3.45. The van der Waals surface area contributed by atoms with Crippen LogP contribution < -0.4 is 4.90 Å². The summed E-state index contributed by atoms with van der Waals surface area (Å²) in [6, 6.07) is 1.61. The maximum Gasteiger partial charge on any atom is 0.304 e. The van der Waals surface area contributed by atoms with Crippen LogP contribution in [0.3, 0.4) is 0 Å². The third kappa shape index (κ3) is 2.49. The van der Waals surface area contributed by atoms with Crippen LogP contribution in [-0.2, 0) is 4.79 Å². The lowest BCUT2D eigenvalue weighted by Crippen LogP contribution is -2.51. The zero-order valence-corrected chi connectivity index (χ0v) is 12.5. The molecule has 1 amide bonds. The fourth-order valence-electron chi connectivity index (χ4n) is 3.00. The first-order chi connectivity index (χ1) is 9.97. The standard InChI is InChI=1S/C13H17N3O4S/c1-8(17)11-6-10(16(19)20)13(21-11)14-4-5-15-9(7-14)2-3-12(15)18/h6,8-9,17H,2-5,7H2,1H3/t8-,9?/m0/s1. The normalized spacial score (nSPS) is 23.3. The summed E-state index contributed by atoms with van der Waals surface area (Å²) in [4.78, 5) is 27.0. The monoisotopic (exact) mass is 311 g/mol. The number of aliphatic hydroxyl groups excluding tert-OH is 1. The molecule has 114 valence electrons. The van der Waals surface area contributed by atoms with Gasteiger partial charge in [0.2, 0.25) is 5.91 Å². The van der Waals surface area contributed by atoms with Gasteiger partial charge in [-0.2, -0.15) is 0 Å². The molecule has 2 atom stereocenters. The number of thiophene rings is 1. The maximum absolute atomic E-state index is 11.7. The molecule has 1 aromatic heterocycles. The first-order valence-electron chi connectivity index (χ1n) is 6.98. The Balaban J connectivity index is 1.87. The van der Waals surface area contributed by atoms with Gasteiger partial charge in [-0.25, -0.2) is 0 Å². The molecule has 1 unspecified atom stereocenters. The van der Waals surface area contributed by atoms with E-state index in [1.54, 1.807) is 6.92 Å². The molecule has 8 heteroatoms. The van der Waals surface area contributed by atoms with Gasteiger partial charge < -0.3 is 14.9 Å². The van der Waals surface area contributed by atoms with Crippen molar-refractivity contribution in [3.63, 3.8) is 0 Å². The molecule has 1 aromatic rings. The van der Waals surface area contributed by atoms with Gasteiger partial charge in [0.1, 0.15) is 0 Å². The fraction of sp³-hybridized carbons (Fsp3) is 0.615. The SMILES string of the molecule is C[C@H](O)c1cc([N+](=O)[O-])c(N2CCN3C(=O)CCC3C2)s1. The van der Waals surface area contributed by atoms with Gasteiger partial charge >= 0.3 is 5.69 Å². The number of piperazine rings is 1. The number of aliphatic hydroxyl groups is 1. The van der Waals surface area contributed by atoms with Crippen LogP contribution in [0, 0.1) is 10.1 Å². The zero-order chi connectivity index (χ0) is 15.1. The molecule has 2 aliphatic heterocycles. The van der Waals surface area contributed by atoms with E-state index in [0.29, 0.717) is 35.9 Å². The van der Waals surface area contributed by atoms with Crippen molar-refractivity contribution in [2.75, 3.05) is 24.5 Å². The van der Waals surface area contributed by atoms with Crippen molar-refractivity contribution in [3.05, 3.63) is 21.1 Å². The van der Waals surface area contributed by atoms with Crippen LogP contribution in [0.1, 0.15) is 30.7 Å². The molecule has 3 rings (SSSR count). The number of carbonyl (C=O) groups excluding carboxylic acids is 1. The number of hydrogen-bond acceptors (Lipinski definition) is 6. The van der Waals surface area contributed by atoms with Crippen molar-refractivity contribution < 1.29 is 14.8 Å². The van der Waals surface area contributed by atoms with Crippen molar-refractivity contribution in [1.29, 1.82) is 0 Å². The lowest BCUT2D eigenvalue weighted by atomic mass is 10.1. The minimum atomic E-state index is -0.711. The molecule has 21 heavy (non-hydrogen) atoms. The number of nitrogens with zero attached hydrogens (tertiary/aromatic N) is 3. The highest BCUT2D eigenvalue weighted by Gasteiger charge is 2.37. The van der Waals surface area contributed by atoms with Gasteiger partial charge in [0.15, 0.2) is 5.00 Å². The first-order valence-corrected chi connectivity index (χ1v) is 7.79. The number of fused-ring (bicyclic) bond motifs is 1. The van der Waals surface area contributed by atoms with Crippen molar-refractivity contribution in [1.82, 2.24) is 4.90 Å². The van der Waals surface area contributed by atoms with Crippen molar-refractivity contribution >= 4 is 27.9 Å². The van der Waals surface area contributed by atoms with Gasteiger partial charge in [0.25, 0.3) is 0 Å². The Kier molecular flexibility index (Phi) is 3.58. The minimum absolute atomic E-state index is 0.0497. The largest absolute Gasteiger partial charge is 0.388 e. The molecule has 0 radical (unpaired) electrons. The van der Waals surface area contributed by atoms with Crippen LogP contribution in [-0.4, -0.2) is 46.5 Å². The van der Waals surface area contributed by atoms with Gasteiger partial charge in [0.05, 0.1) is 11.0 Å². The number of anilines is 1. The maximum atomic E-state index is 11.7. The van der Waals surface area contributed by atoms with Crippen LogP contribution in [0.15, 0.2) is 6.07 Å². The van der Waals surface area contributed by atoms with Crippen LogP contribution in [0.4, 0.5) is 10.7 Å². The molecule has 2 fully saturated rings. The predicted octanol–water partition coefficient (Wildman–Crippen LogP) is 1.52. The van der Waals surface area contributed by atoms with Crippen LogP contribution >= 0.6 is 11.3 Å². The molecule has 3 heterocycles. The van der Waals surface area contributed by atoms with Gasteiger partial charge in [-0.05, 0) is 13.3 Å². The average Bonchev–Trinajstić information content (AvgIpc) is 3.03. The molecular weight excluding hydrogens is 294 g/mol. The molecule has 0 spiro atoms. The summed E-state index contributed by atoms with van der Waals surface area (Å²) < 4.78 is 0. The Morgan fingerprint density at radius 2 is 2.29 bits per heavy atom. The highest BCUT2D eigenvalue weighted by molar-refractivity contribution is 7.16. The van der Waals surface area contributed by atoms with E-state index < -0.39 is 11.0 Å². The number of rotatable bonds is 3. The molecule has 7 nitrogen and oxygen atoms in total. The highest BCUT2D eigenvalue weighted by atomic mass is 32.1. The van der Waals surface area contributed by atoms with Crippen LogP contribution in [0.25, 0.3) is 0 Å². The van der Waals surface area contributed by atoms with E-state index in [4.69, 9.17) is 0 Å².